The first-order valence-electron chi connectivity index (χ1n) is 6.77. The van der Waals surface area contributed by atoms with Gasteiger partial charge < -0.3 is 19.5 Å². The molecule has 0 aromatic carbocycles. The Labute approximate surface area is 136 Å². The molecule has 1 atom stereocenters. The maximum absolute atomic E-state index is 11.2. The molecule has 0 radical (unpaired) electrons. The molecule has 0 bridgehead atoms. The van der Waals surface area contributed by atoms with Crippen LogP contribution < -0.4 is 0 Å². The van der Waals surface area contributed by atoms with E-state index in [9.17, 15) is 5.11 Å². The van der Waals surface area contributed by atoms with Gasteiger partial charge in [-0.25, -0.2) is 0 Å². The molecule has 0 aromatic rings. The van der Waals surface area contributed by atoms with Crippen molar-refractivity contribution < 1.29 is 14.6 Å². The Kier molecular flexibility index (Phi) is 6.77. The molecule has 0 spiro atoms. The maximum Gasteiger partial charge on any atom is 0.178 e. The fraction of sp³-hybridized carbons (Fsp3) is 0.533. The van der Waals surface area contributed by atoms with E-state index >= 15 is 0 Å². The van der Waals surface area contributed by atoms with E-state index in [1.54, 1.807) is 13.2 Å². The molecule has 0 amide bonds. The van der Waals surface area contributed by atoms with Gasteiger partial charge in [0.15, 0.2) is 5.72 Å². The first-order chi connectivity index (χ1) is 9.94. The lowest BCUT2D eigenvalue weighted by Crippen LogP contribution is -2.49. The summed E-state index contributed by atoms with van der Waals surface area (Å²) >= 11 is 6.81. The number of rotatable bonds is 7. The van der Waals surface area contributed by atoms with E-state index in [0.29, 0.717) is 33.7 Å². The largest absolute Gasteiger partial charge is 0.497 e. The van der Waals surface area contributed by atoms with Crippen molar-refractivity contribution in [2.24, 2.45) is 0 Å². The first-order valence-corrected chi connectivity index (χ1v) is 8.16. The van der Waals surface area contributed by atoms with Crippen LogP contribution in [-0.2, 0) is 9.47 Å². The molecule has 1 saturated heterocycles. The Bertz CT molecular complexity index is 474. The average Bonchev–Trinajstić information content (AvgIpc) is 2.77. The Morgan fingerprint density at radius 2 is 2.19 bits per heavy atom. The van der Waals surface area contributed by atoms with Gasteiger partial charge in [-0.2, -0.15) is 0 Å². The molecule has 1 aliphatic rings. The predicted molar refractivity (Wildman–Crippen MR) is 92.0 cm³/mol. The van der Waals surface area contributed by atoms with E-state index in [4.69, 9.17) is 21.7 Å². The number of aliphatic hydroxyl groups is 1. The van der Waals surface area contributed by atoms with Gasteiger partial charge in [-0.3, -0.25) is 0 Å². The number of allylic oxidation sites excluding steroid dienone is 2. The standard InChI is InChI=1S/C15H23NO3S2/c1-6-8-16-14(20)21-10-15(16,17)13(11(3)18-4)9-12(7-2)19-5/h7,9,17H,3,6,8,10H2,1-2,4-5H3/b12-7+,13-9+. The van der Waals surface area contributed by atoms with Gasteiger partial charge in [0.25, 0.3) is 0 Å². The van der Waals surface area contributed by atoms with Gasteiger partial charge in [0, 0.05) is 6.54 Å². The van der Waals surface area contributed by atoms with Crippen LogP contribution in [0.2, 0.25) is 0 Å². The van der Waals surface area contributed by atoms with Crippen LogP contribution in [0.5, 0.6) is 0 Å². The van der Waals surface area contributed by atoms with E-state index in [-0.39, 0.29) is 0 Å². The van der Waals surface area contributed by atoms with Gasteiger partial charge >= 0.3 is 0 Å². The summed E-state index contributed by atoms with van der Waals surface area (Å²) in [7, 11) is 3.12. The van der Waals surface area contributed by atoms with Crippen LogP contribution in [0.3, 0.4) is 0 Å². The van der Waals surface area contributed by atoms with E-state index in [0.717, 1.165) is 6.42 Å². The van der Waals surface area contributed by atoms with Crippen molar-refractivity contribution in [2.45, 2.75) is 26.0 Å². The van der Waals surface area contributed by atoms with Crippen molar-refractivity contribution >= 4 is 28.3 Å². The summed E-state index contributed by atoms with van der Waals surface area (Å²) in [4.78, 5) is 1.83. The fourth-order valence-corrected chi connectivity index (χ4v) is 3.58. The van der Waals surface area contributed by atoms with Crippen LogP contribution in [0, 0.1) is 0 Å². The van der Waals surface area contributed by atoms with Crippen LogP contribution in [0.15, 0.2) is 35.8 Å². The zero-order valence-corrected chi connectivity index (χ0v) is 14.6. The van der Waals surface area contributed by atoms with E-state index < -0.39 is 5.72 Å². The number of hydrogen-bond donors (Lipinski definition) is 1. The Hall–Kier alpha value is -0.980. The summed E-state index contributed by atoms with van der Waals surface area (Å²) in [6.07, 6.45) is 4.45. The molecule has 1 heterocycles. The second-order valence-electron chi connectivity index (χ2n) is 4.60. The molecule has 1 N–H and O–H groups in total. The van der Waals surface area contributed by atoms with Crippen molar-refractivity contribution in [1.82, 2.24) is 4.90 Å². The first kappa shape index (κ1) is 18.1. The molecule has 1 rings (SSSR count). The third kappa shape index (κ3) is 3.81. The monoisotopic (exact) mass is 329 g/mol. The van der Waals surface area contributed by atoms with Gasteiger partial charge in [0.05, 0.1) is 25.5 Å². The number of nitrogens with zero attached hydrogens (tertiary/aromatic N) is 1. The van der Waals surface area contributed by atoms with Crippen LogP contribution in [0.4, 0.5) is 0 Å². The van der Waals surface area contributed by atoms with Gasteiger partial charge in [0.2, 0.25) is 0 Å². The minimum atomic E-state index is -1.22. The summed E-state index contributed by atoms with van der Waals surface area (Å²) in [5, 5.41) is 11.2. The zero-order chi connectivity index (χ0) is 16.0. The van der Waals surface area contributed by atoms with E-state index in [1.165, 1.54) is 18.9 Å². The lowest BCUT2D eigenvalue weighted by atomic mass is 10.00. The Morgan fingerprint density at radius 1 is 1.52 bits per heavy atom. The molecule has 4 nitrogen and oxygen atoms in total. The number of hydrogen-bond acceptors (Lipinski definition) is 5. The molecule has 1 unspecified atom stereocenters. The van der Waals surface area contributed by atoms with Crippen LogP contribution in [0.1, 0.15) is 20.3 Å². The van der Waals surface area contributed by atoms with Crippen molar-refractivity contribution in [3.05, 3.63) is 35.8 Å². The second-order valence-corrected chi connectivity index (χ2v) is 6.21. The van der Waals surface area contributed by atoms with Crippen LogP contribution >= 0.6 is 24.0 Å². The number of thiocarbonyl (C=S) groups is 1. The van der Waals surface area contributed by atoms with Crippen molar-refractivity contribution in [3.63, 3.8) is 0 Å². The van der Waals surface area contributed by atoms with Crippen LogP contribution in [0.25, 0.3) is 0 Å². The molecule has 0 aliphatic carbocycles. The molecule has 118 valence electrons. The normalized spacial score (nSPS) is 23.5. The molecule has 0 aromatic heterocycles. The summed E-state index contributed by atoms with van der Waals surface area (Å²) < 4.78 is 11.2. The Balaban J connectivity index is 3.30. The highest BCUT2D eigenvalue weighted by Crippen LogP contribution is 2.39. The lowest BCUT2D eigenvalue weighted by molar-refractivity contribution is -0.00908. The molecule has 1 fully saturated rings. The molecule has 1 aliphatic heterocycles. The van der Waals surface area contributed by atoms with Gasteiger partial charge in [0.1, 0.15) is 15.8 Å². The number of methoxy groups -OCH3 is 2. The quantitative estimate of drug-likeness (QED) is 0.440. The summed E-state index contributed by atoms with van der Waals surface area (Å²) in [6, 6.07) is 0. The smallest absolute Gasteiger partial charge is 0.178 e. The molecular weight excluding hydrogens is 306 g/mol. The number of ether oxygens (including phenoxy) is 2. The maximum atomic E-state index is 11.2. The zero-order valence-electron chi connectivity index (χ0n) is 13.0. The SMILES string of the molecule is C=C(OC)/C(=C\C(=C/C)OC)C1(O)CSC(=S)N1CCC. The second kappa shape index (κ2) is 7.87. The summed E-state index contributed by atoms with van der Waals surface area (Å²) in [5.41, 5.74) is -0.654. The number of thioether (sulfide) groups is 1. The van der Waals surface area contributed by atoms with E-state index in [2.05, 4.69) is 6.58 Å². The van der Waals surface area contributed by atoms with E-state index in [1.807, 2.05) is 24.8 Å². The fourth-order valence-electron chi connectivity index (χ4n) is 2.12. The highest BCUT2D eigenvalue weighted by molar-refractivity contribution is 8.23. The minimum absolute atomic E-state index is 0.403. The lowest BCUT2D eigenvalue weighted by Gasteiger charge is -2.36. The van der Waals surface area contributed by atoms with Gasteiger partial charge in [-0.15, -0.1) is 0 Å². The summed E-state index contributed by atoms with van der Waals surface area (Å²) in [5.74, 6) is 1.48. The molecule has 21 heavy (non-hydrogen) atoms. The third-order valence-electron chi connectivity index (χ3n) is 3.30. The summed E-state index contributed by atoms with van der Waals surface area (Å²) in [6.45, 7) is 8.48. The highest BCUT2D eigenvalue weighted by atomic mass is 32.2. The van der Waals surface area contributed by atoms with Gasteiger partial charge in [-0.1, -0.05) is 37.5 Å². The molecular formula is C15H23NO3S2. The van der Waals surface area contributed by atoms with Crippen molar-refractivity contribution in [3.8, 4) is 0 Å². The predicted octanol–water partition coefficient (Wildman–Crippen LogP) is 3.06. The minimum Gasteiger partial charge on any atom is -0.497 e. The molecule has 0 saturated carbocycles. The topological polar surface area (TPSA) is 41.9 Å². The highest BCUT2D eigenvalue weighted by Gasteiger charge is 2.46. The Morgan fingerprint density at radius 3 is 2.67 bits per heavy atom. The molecule has 6 heteroatoms. The van der Waals surface area contributed by atoms with Gasteiger partial charge in [-0.05, 0) is 25.5 Å². The third-order valence-corrected chi connectivity index (χ3v) is 4.88. The van der Waals surface area contributed by atoms with Crippen LogP contribution in [-0.4, -0.2) is 46.6 Å². The van der Waals surface area contributed by atoms with Crippen molar-refractivity contribution in [2.75, 3.05) is 26.5 Å². The average molecular weight is 329 g/mol. The van der Waals surface area contributed by atoms with Crippen molar-refractivity contribution in [1.29, 1.82) is 0 Å².